The van der Waals surface area contributed by atoms with Gasteiger partial charge in [0, 0.05) is 23.8 Å². The number of pyridine rings is 1. The van der Waals surface area contributed by atoms with Crippen LogP contribution in [0.4, 0.5) is 5.69 Å². The fourth-order valence-corrected chi connectivity index (χ4v) is 2.99. The maximum absolute atomic E-state index is 9.80. The van der Waals surface area contributed by atoms with E-state index < -0.39 is 0 Å². The van der Waals surface area contributed by atoms with Crippen LogP contribution in [0.1, 0.15) is 38.2 Å². The van der Waals surface area contributed by atoms with E-state index in [1.807, 2.05) is 12.4 Å². The van der Waals surface area contributed by atoms with Gasteiger partial charge in [0.1, 0.15) is 5.65 Å². The van der Waals surface area contributed by atoms with Gasteiger partial charge in [0.05, 0.1) is 11.8 Å². The third-order valence-corrected chi connectivity index (χ3v) is 4.04. The third-order valence-electron chi connectivity index (χ3n) is 4.04. The zero-order valence-corrected chi connectivity index (χ0v) is 11.3. The molecular formula is C15H21N3O. The molecule has 2 atom stereocenters. The molecule has 2 heterocycles. The molecule has 1 saturated carbocycles. The summed E-state index contributed by atoms with van der Waals surface area (Å²) in [7, 11) is 0. The number of aliphatic hydroxyl groups is 1. The highest BCUT2D eigenvalue weighted by molar-refractivity contribution is 5.91. The molecule has 102 valence electrons. The second kappa shape index (κ2) is 5.21. The van der Waals surface area contributed by atoms with Crippen LogP contribution in [0.25, 0.3) is 11.0 Å². The lowest BCUT2D eigenvalue weighted by Crippen LogP contribution is -2.30. The fourth-order valence-electron chi connectivity index (χ4n) is 2.99. The predicted molar refractivity (Wildman–Crippen MR) is 77.4 cm³/mol. The van der Waals surface area contributed by atoms with E-state index >= 15 is 0 Å². The van der Waals surface area contributed by atoms with E-state index in [1.54, 1.807) is 0 Å². The van der Waals surface area contributed by atoms with Crippen molar-refractivity contribution in [3.05, 3.63) is 24.0 Å². The standard InChI is InChI=1S/C15H21N3O/c1-2-10-9-17-15-13(6-7-16-15)14(10)18-11-4-3-5-12(19)8-11/h6-7,9,11-12,19H,2-5,8H2,1H3,(H2,16,17,18)/t11-,12+/m0/s1. The van der Waals surface area contributed by atoms with E-state index in [1.165, 1.54) is 11.3 Å². The van der Waals surface area contributed by atoms with Gasteiger partial charge in [-0.1, -0.05) is 6.92 Å². The number of anilines is 1. The molecule has 2 aromatic rings. The Hall–Kier alpha value is -1.55. The van der Waals surface area contributed by atoms with Gasteiger partial charge in [0.15, 0.2) is 0 Å². The number of H-pyrrole nitrogens is 1. The summed E-state index contributed by atoms with van der Waals surface area (Å²) in [6.45, 7) is 2.15. The summed E-state index contributed by atoms with van der Waals surface area (Å²) in [6.07, 6.45) is 8.70. The smallest absolute Gasteiger partial charge is 0.139 e. The second-order valence-corrected chi connectivity index (χ2v) is 5.41. The Morgan fingerprint density at radius 1 is 1.47 bits per heavy atom. The molecule has 0 spiro atoms. The molecular weight excluding hydrogens is 238 g/mol. The zero-order valence-electron chi connectivity index (χ0n) is 11.3. The van der Waals surface area contributed by atoms with Gasteiger partial charge in [-0.3, -0.25) is 0 Å². The van der Waals surface area contributed by atoms with Crippen molar-refractivity contribution in [2.45, 2.75) is 51.2 Å². The van der Waals surface area contributed by atoms with Crippen LogP contribution < -0.4 is 5.32 Å². The van der Waals surface area contributed by atoms with Crippen LogP contribution >= 0.6 is 0 Å². The number of fused-ring (bicyclic) bond motifs is 1. The molecule has 1 aliphatic carbocycles. The highest BCUT2D eigenvalue weighted by Gasteiger charge is 2.21. The molecule has 19 heavy (non-hydrogen) atoms. The molecule has 0 saturated heterocycles. The minimum absolute atomic E-state index is 0.153. The number of hydrogen-bond donors (Lipinski definition) is 3. The quantitative estimate of drug-likeness (QED) is 0.794. The maximum atomic E-state index is 9.80. The molecule has 0 amide bonds. The van der Waals surface area contributed by atoms with Gasteiger partial charge >= 0.3 is 0 Å². The van der Waals surface area contributed by atoms with E-state index in [9.17, 15) is 5.11 Å². The van der Waals surface area contributed by atoms with Crippen molar-refractivity contribution in [1.82, 2.24) is 9.97 Å². The first-order valence-corrected chi connectivity index (χ1v) is 7.17. The van der Waals surface area contributed by atoms with Crippen LogP contribution in [-0.4, -0.2) is 27.2 Å². The van der Waals surface area contributed by atoms with Gasteiger partial charge in [-0.05, 0) is 43.7 Å². The number of aryl methyl sites for hydroxylation is 1. The molecule has 2 aromatic heterocycles. The first-order chi connectivity index (χ1) is 9.28. The van der Waals surface area contributed by atoms with Crippen molar-refractivity contribution in [2.24, 2.45) is 0 Å². The predicted octanol–water partition coefficient (Wildman–Crippen LogP) is 2.84. The van der Waals surface area contributed by atoms with Crippen molar-refractivity contribution in [1.29, 1.82) is 0 Å². The normalized spacial score (nSPS) is 23.7. The first-order valence-electron chi connectivity index (χ1n) is 7.17. The van der Waals surface area contributed by atoms with Crippen molar-refractivity contribution in [3.8, 4) is 0 Å². The minimum atomic E-state index is -0.153. The van der Waals surface area contributed by atoms with E-state index in [0.717, 1.165) is 43.1 Å². The lowest BCUT2D eigenvalue weighted by molar-refractivity contribution is 0.124. The Bertz CT molecular complexity index is 564. The van der Waals surface area contributed by atoms with Crippen molar-refractivity contribution < 1.29 is 5.11 Å². The van der Waals surface area contributed by atoms with E-state index in [4.69, 9.17) is 0 Å². The highest BCUT2D eigenvalue weighted by atomic mass is 16.3. The van der Waals surface area contributed by atoms with Crippen LogP contribution in [0.2, 0.25) is 0 Å². The number of hydrogen-bond acceptors (Lipinski definition) is 3. The number of aromatic amines is 1. The SMILES string of the molecule is CCc1cnc2[nH]ccc2c1N[C@H]1CCC[C@@H](O)C1. The van der Waals surface area contributed by atoms with Crippen molar-refractivity contribution >= 4 is 16.7 Å². The average molecular weight is 259 g/mol. The van der Waals surface area contributed by atoms with Crippen LogP contribution in [0.3, 0.4) is 0 Å². The monoisotopic (exact) mass is 259 g/mol. The first kappa shape index (κ1) is 12.5. The molecule has 0 bridgehead atoms. The summed E-state index contributed by atoms with van der Waals surface area (Å²) >= 11 is 0. The fraction of sp³-hybridized carbons (Fsp3) is 0.533. The minimum Gasteiger partial charge on any atom is -0.393 e. The van der Waals surface area contributed by atoms with Crippen molar-refractivity contribution in [3.63, 3.8) is 0 Å². The van der Waals surface area contributed by atoms with Gasteiger partial charge in [-0.25, -0.2) is 4.98 Å². The largest absolute Gasteiger partial charge is 0.393 e. The molecule has 0 radical (unpaired) electrons. The van der Waals surface area contributed by atoms with Gasteiger partial charge in [0.25, 0.3) is 0 Å². The molecule has 4 nitrogen and oxygen atoms in total. The molecule has 3 rings (SSSR count). The summed E-state index contributed by atoms with van der Waals surface area (Å²) in [5.74, 6) is 0. The number of aliphatic hydroxyl groups excluding tert-OH is 1. The Labute approximate surface area is 113 Å². The topological polar surface area (TPSA) is 60.9 Å². The number of aromatic nitrogens is 2. The van der Waals surface area contributed by atoms with E-state index in [0.29, 0.717) is 6.04 Å². The van der Waals surface area contributed by atoms with Crippen LogP contribution in [0, 0.1) is 0 Å². The highest BCUT2D eigenvalue weighted by Crippen LogP contribution is 2.29. The van der Waals surface area contributed by atoms with Crippen LogP contribution in [-0.2, 0) is 6.42 Å². The molecule has 3 N–H and O–H groups in total. The van der Waals surface area contributed by atoms with Gasteiger partial charge in [0.2, 0.25) is 0 Å². The van der Waals surface area contributed by atoms with E-state index in [2.05, 4.69) is 28.3 Å². The number of rotatable bonds is 3. The van der Waals surface area contributed by atoms with Crippen LogP contribution in [0.5, 0.6) is 0 Å². The lowest BCUT2D eigenvalue weighted by atomic mass is 9.92. The molecule has 4 heteroatoms. The third kappa shape index (κ3) is 2.45. The summed E-state index contributed by atoms with van der Waals surface area (Å²) in [5.41, 5.74) is 3.36. The average Bonchev–Trinajstić information content (AvgIpc) is 2.88. The van der Waals surface area contributed by atoms with Crippen molar-refractivity contribution in [2.75, 3.05) is 5.32 Å². The lowest BCUT2D eigenvalue weighted by Gasteiger charge is -2.28. The Morgan fingerprint density at radius 2 is 2.37 bits per heavy atom. The summed E-state index contributed by atoms with van der Waals surface area (Å²) in [5, 5.41) is 14.6. The van der Waals surface area contributed by atoms with Gasteiger partial charge in [-0.15, -0.1) is 0 Å². The zero-order chi connectivity index (χ0) is 13.2. The van der Waals surface area contributed by atoms with E-state index in [-0.39, 0.29) is 6.10 Å². The van der Waals surface area contributed by atoms with Crippen LogP contribution in [0.15, 0.2) is 18.5 Å². The summed E-state index contributed by atoms with van der Waals surface area (Å²) < 4.78 is 0. The second-order valence-electron chi connectivity index (χ2n) is 5.41. The molecule has 0 aromatic carbocycles. The number of nitrogens with zero attached hydrogens (tertiary/aromatic N) is 1. The van der Waals surface area contributed by atoms with Gasteiger partial charge < -0.3 is 15.4 Å². The maximum Gasteiger partial charge on any atom is 0.139 e. The Kier molecular flexibility index (Phi) is 3.42. The molecule has 1 fully saturated rings. The summed E-state index contributed by atoms with van der Waals surface area (Å²) in [4.78, 5) is 7.59. The Balaban J connectivity index is 1.91. The molecule has 0 aliphatic heterocycles. The Morgan fingerprint density at radius 3 is 3.16 bits per heavy atom. The molecule has 0 unspecified atom stereocenters. The number of nitrogens with one attached hydrogen (secondary N) is 2. The summed E-state index contributed by atoms with van der Waals surface area (Å²) in [6, 6.07) is 2.44. The molecule has 1 aliphatic rings. The van der Waals surface area contributed by atoms with Gasteiger partial charge in [-0.2, -0.15) is 0 Å².